The molecule has 3 fully saturated rings. The summed E-state index contributed by atoms with van der Waals surface area (Å²) in [6, 6.07) is 0. The summed E-state index contributed by atoms with van der Waals surface area (Å²) >= 11 is 6.72. The van der Waals surface area contributed by atoms with Crippen molar-refractivity contribution in [2.45, 2.75) is 46.4 Å². The smallest absolute Gasteiger partial charge is 0.280 e. The van der Waals surface area contributed by atoms with Crippen molar-refractivity contribution in [3.63, 3.8) is 0 Å². The molecule has 3 aliphatic rings. The number of thioether (sulfide) groups is 1. The van der Waals surface area contributed by atoms with E-state index in [2.05, 4.69) is 29.9 Å². The highest BCUT2D eigenvalue weighted by atomic mass is 32.5. The highest BCUT2D eigenvalue weighted by Gasteiger charge is 2.63. The van der Waals surface area contributed by atoms with Gasteiger partial charge < -0.3 is 50.2 Å². The van der Waals surface area contributed by atoms with Crippen molar-refractivity contribution in [3.05, 3.63) is 29.3 Å². The van der Waals surface area contributed by atoms with E-state index in [4.69, 9.17) is 37.3 Å². The van der Waals surface area contributed by atoms with Crippen LogP contribution in [0.1, 0.15) is 11.6 Å². The molecule has 2 bridgehead atoms. The highest BCUT2D eigenvalue weighted by Crippen LogP contribution is 2.62. The quantitative estimate of drug-likeness (QED) is 0.106. The predicted molar refractivity (Wildman–Crippen MR) is 151 cm³/mol. The van der Waals surface area contributed by atoms with Crippen molar-refractivity contribution >= 4 is 64.2 Å². The molecule has 224 valence electrons. The van der Waals surface area contributed by atoms with Gasteiger partial charge in [0.25, 0.3) is 5.56 Å². The van der Waals surface area contributed by atoms with Gasteiger partial charge in [-0.3, -0.25) is 14.3 Å². The number of nitrogen functional groups attached to an aromatic ring is 2. The second-order valence-corrected chi connectivity index (χ2v) is 15.1. The fourth-order valence-corrected chi connectivity index (χ4v) is 10.6. The molecule has 7 rings (SSSR count). The Hall–Kier alpha value is -2.78. The number of anilines is 2. The van der Waals surface area contributed by atoms with E-state index >= 15 is 0 Å². The lowest BCUT2D eigenvalue weighted by atomic mass is 10.0. The zero-order valence-corrected chi connectivity index (χ0v) is 23.9. The Kier molecular flexibility index (Phi) is 6.59. The molecule has 0 aromatic carbocycles. The van der Waals surface area contributed by atoms with E-state index in [0.29, 0.717) is 11.2 Å². The van der Waals surface area contributed by atoms with Crippen LogP contribution in [0.3, 0.4) is 0 Å². The van der Waals surface area contributed by atoms with Crippen LogP contribution in [-0.4, -0.2) is 114 Å². The summed E-state index contributed by atoms with van der Waals surface area (Å²) in [5, 5.41) is 30.7. The molecule has 7 heterocycles. The molecule has 3 saturated heterocycles. The summed E-state index contributed by atoms with van der Waals surface area (Å²) in [6.07, 6.45) is -0.0702. The number of hydrogen-bond donors (Lipinski definition) is 7. The molecule has 9 N–H and O–H groups in total. The molecule has 18 nitrogen and oxygen atoms in total. The van der Waals surface area contributed by atoms with E-state index in [1.54, 1.807) is 4.57 Å². The Labute approximate surface area is 244 Å². The van der Waals surface area contributed by atoms with E-state index in [1.807, 2.05) is 0 Å². The van der Waals surface area contributed by atoms with Crippen LogP contribution in [0.4, 0.5) is 11.8 Å². The largest absolute Gasteiger partial charge is 0.395 e. The molecule has 4 aromatic heterocycles. The zero-order valence-electron chi connectivity index (χ0n) is 21.4. The second kappa shape index (κ2) is 9.88. The molecule has 1 unspecified atom stereocenters. The predicted octanol–water partition coefficient (Wildman–Crippen LogP) is -2.19. The molecule has 9 atom stereocenters. The number of nitrogens with one attached hydrogen (secondary N) is 1. The number of rotatable bonds is 7. The van der Waals surface area contributed by atoms with Crippen molar-refractivity contribution in [2.24, 2.45) is 0 Å². The highest BCUT2D eigenvalue weighted by molar-refractivity contribution is 8.10. The number of aliphatic hydroxyl groups excluding tert-OH is 3. The first-order valence-electron chi connectivity index (χ1n) is 12.6. The molecule has 0 amide bonds. The van der Waals surface area contributed by atoms with E-state index in [9.17, 15) is 25.0 Å². The number of nitrogens with two attached hydrogens (primary N) is 2. The van der Waals surface area contributed by atoms with Crippen LogP contribution in [0.5, 0.6) is 0 Å². The van der Waals surface area contributed by atoms with Gasteiger partial charge in [0.2, 0.25) is 5.95 Å². The van der Waals surface area contributed by atoms with Crippen LogP contribution < -0.4 is 17.0 Å². The van der Waals surface area contributed by atoms with E-state index in [0.717, 1.165) is 11.8 Å². The molecule has 0 saturated carbocycles. The average molecular weight is 641 g/mol. The number of aliphatic hydroxyl groups is 3. The Morgan fingerprint density at radius 3 is 2.74 bits per heavy atom. The third kappa shape index (κ3) is 4.09. The Bertz CT molecular complexity index is 1800. The molecule has 0 aliphatic carbocycles. The fraction of sp³-hybridized carbons (Fsp3) is 0.524. The lowest BCUT2D eigenvalue weighted by Crippen LogP contribution is -2.45. The van der Waals surface area contributed by atoms with E-state index in [1.165, 1.54) is 23.5 Å². The van der Waals surface area contributed by atoms with Gasteiger partial charge in [0, 0.05) is 0 Å². The number of hydrogen-bond acceptors (Lipinski definition) is 16. The fourth-order valence-electron chi connectivity index (χ4n) is 5.68. The van der Waals surface area contributed by atoms with Gasteiger partial charge in [0.1, 0.15) is 29.7 Å². The van der Waals surface area contributed by atoms with Crippen LogP contribution in [0, 0.1) is 0 Å². The number of H-pyrrole nitrogens is 1. The summed E-state index contributed by atoms with van der Waals surface area (Å²) in [6.45, 7) is -4.79. The van der Waals surface area contributed by atoms with Crippen molar-refractivity contribution in [2.75, 3.05) is 31.3 Å². The van der Waals surface area contributed by atoms with Crippen molar-refractivity contribution < 1.29 is 34.2 Å². The number of aromatic amines is 1. The minimum absolute atomic E-state index is 0.00161. The summed E-state index contributed by atoms with van der Waals surface area (Å²) in [5.74, 6) is 0.0312. The van der Waals surface area contributed by atoms with Crippen LogP contribution in [0.15, 0.2) is 23.8 Å². The molecule has 0 spiro atoms. The number of nitrogens with zero attached hydrogens (tertiary/aromatic N) is 7. The van der Waals surface area contributed by atoms with Gasteiger partial charge in [0.15, 0.2) is 35.3 Å². The summed E-state index contributed by atoms with van der Waals surface area (Å²) in [4.78, 5) is 47.0. The molecule has 3 aliphatic heterocycles. The maximum absolute atomic E-state index is 12.3. The molecular formula is C21H25N10O8PS2. The van der Waals surface area contributed by atoms with Gasteiger partial charge in [0.05, 0.1) is 54.9 Å². The Balaban J connectivity index is 1.17. The molecule has 0 radical (unpaired) electrons. The molecular weight excluding hydrogens is 615 g/mol. The topological polar surface area (TPSA) is 268 Å². The standard InChI is InChI=1S/C21H25N10O8PS2/c22-14-8-15(25-4-24-14)30(5-26-8)18-11-13(34)21(39-18,2-37-11)3-38-40(36,41)12-10(33)7(1-32)42-19(12)31-6-27-9-16(31)28-20(23)29-17(9)35/h4-7,10-13,18-19,32-34H,1-3H2,(H,36,41)(H2,22,24,25)(H3,23,28,29,35)/t7-,10-,11-,12-,13+,18-,19-,21-,40?/m1/s1. The van der Waals surface area contributed by atoms with Gasteiger partial charge in [-0.05, 0) is 11.8 Å². The third-order valence-corrected chi connectivity index (χ3v) is 12.4. The SMILES string of the molecule is Nc1nc2c(ncn2[C@@H]2S[C@H](CO)[C@@H](O)[C@H]2P(O)(=S)OC[C@@]23CO[C@@H]([C@H](n4cnc5c(N)ncnc54)O2)[C@@H]3O)c(=O)[nH]1. The van der Waals surface area contributed by atoms with Gasteiger partial charge in [-0.15, -0.1) is 11.8 Å². The van der Waals surface area contributed by atoms with E-state index < -0.39 is 65.1 Å². The monoisotopic (exact) mass is 640 g/mol. The summed E-state index contributed by atoms with van der Waals surface area (Å²) in [5.41, 5.74) is 9.38. The van der Waals surface area contributed by atoms with Gasteiger partial charge >= 0.3 is 0 Å². The normalized spacial score (nSPS) is 34.0. The summed E-state index contributed by atoms with van der Waals surface area (Å²) < 4.78 is 21.1. The first-order chi connectivity index (χ1) is 20.0. The summed E-state index contributed by atoms with van der Waals surface area (Å²) in [7, 11) is 0. The molecule has 42 heavy (non-hydrogen) atoms. The van der Waals surface area contributed by atoms with Crippen LogP contribution >= 0.6 is 18.3 Å². The zero-order chi connectivity index (χ0) is 29.6. The minimum Gasteiger partial charge on any atom is -0.395 e. The maximum atomic E-state index is 12.3. The van der Waals surface area contributed by atoms with Crippen molar-refractivity contribution in [1.29, 1.82) is 0 Å². The number of fused-ring (bicyclic) bond motifs is 4. The first kappa shape index (κ1) is 28.0. The Morgan fingerprint density at radius 2 is 1.95 bits per heavy atom. The number of imidazole rings is 2. The second-order valence-electron chi connectivity index (χ2n) is 10.2. The van der Waals surface area contributed by atoms with E-state index in [-0.39, 0.29) is 36.1 Å². The minimum atomic E-state index is -3.93. The van der Waals surface area contributed by atoms with Gasteiger partial charge in [-0.1, -0.05) is 0 Å². The average Bonchev–Trinajstić information content (AvgIpc) is 3.75. The maximum Gasteiger partial charge on any atom is 0.280 e. The lowest BCUT2D eigenvalue weighted by molar-refractivity contribution is -0.182. The van der Waals surface area contributed by atoms with Crippen LogP contribution in [0.2, 0.25) is 0 Å². The number of aromatic nitrogens is 8. The molecule has 21 heteroatoms. The van der Waals surface area contributed by atoms with Crippen LogP contribution in [-0.2, 0) is 25.8 Å². The van der Waals surface area contributed by atoms with Crippen molar-refractivity contribution in [1.82, 2.24) is 39.0 Å². The number of ether oxygens (including phenoxy) is 2. The van der Waals surface area contributed by atoms with Crippen molar-refractivity contribution in [3.8, 4) is 0 Å². The first-order valence-corrected chi connectivity index (χ1v) is 16.3. The van der Waals surface area contributed by atoms with Gasteiger partial charge in [-0.2, -0.15) is 4.98 Å². The molecule has 4 aromatic rings. The lowest BCUT2D eigenvalue weighted by Gasteiger charge is -2.35. The Morgan fingerprint density at radius 1 is 1.19 bits per heavy atom. The van der Waals surface area contributed by atoms with Crippen LogP contribution in [0.25, 0.3) is 22.3 Å². The van der Waals surface area contributed by atoms with Gasteiger partial charge in [-0.25, -0.2) is 19.9 Å². The third-order valence-electron chi connectivity index (χ3n) is 7.78.